The Hall–Kier alpha value is -1.06. The number of aliphatic imine (C=N–C) groups is 1. The third-order valence-electron chi connectivity index (χ3n) is 4.06. The number of guanidine groups is 1. The summed E-state index contributed by atoms with van der Waals surface area (Å²) in [5, 5.41) is 6.86. The summed E-state index contributed by atoms with van der Waals surface area (Å²) in [4.78, 5) is 6.72. The van der Waals surface area contributed by atoms with Crippen LogP contribution in [-0.4, -0.2) is 65.6 Å². The number of hydrogen-bond acceptors (Lipinski definition) is 4. The van der Waals surface area contributed by atoms with E-state index in [0.29, 0.717) is 19.3 Å². The van der Waals surface area contributed by atoms with E-state index in [1.165, 1.54) is 5.69 Å². The van der Waals surface area contributed by atoms with Gasteiger partial charge < -0.3 is 25.0 Å². The number of para-hydroxylation sites is 1. The number of nitrogens with zero attached hydrogens (tertiary/aromatic N) is 2. The lowest BCUT2D eigenvalue weighted by Gasteiger charge is -2.20. The highest BCUT2D eigenvalue weighted by atomic mass is 127. The van der Waals surface area contributed by atoms with Gasteiger partial charge >= 0.3 is 0 Å². The highest BCUT2D eigenvalue weighted by Gasteiger charge is 2.23. The van der Waals surface area contributed by atoms with Gasteiger partial charge in [0.2, 0.25) is 0 Å². The zero-order valence-corrected chi connectivity index (χ0v) is 17.6. The standard InChI is InChI=1S/C18H30N4O2.HI/c1-19-18(20-10-6-12-24-14-13-23-2)21-16-9-11-22(15-16)17-7-4-3-5-8-17;/h3-5,7-8,16H,6,9-15H2,1-2H3,(H2,19,20,21);1H. The van der Waals surface area contributed by atoms with Gasteiger partial charge in [-0.3, -0.25) is 4.99 Å². The average molecular weight is 462 g/mol. The number of benzene rings is 1. The summed E-state index contributed by atoms with van der Waals surface area (Å²) in [7, 11) is 3.50. The molecule has 2 N–H and O–H groups in total. The number of nitrogens with one attached hydrogen (secondary N) is 2. The van der Waals surface area contributed by atoms with Crippen LogP contribution in [0.3, 0.4) is 0 Å². The first-order valence-corrected chi connectivity index (χ1v) is 8.67. The fraction of sp³-hybridized carbons (Fsp3) is 0.611. The second kappa shape index (κ2) is 13.2. The van der Waals surface area contributed by atoms with Crippen molar-refractivity contribution < 1.29 is 9.47 Å². The van der Waals surface area contributed by atoms with Crippen LogP contribution >= 0.6 is 24.0 Å². The van der Waals surface area contributed by atoms with Gasteiger partial charge in [-0.2, -0.15) is 0 Å². The molecule has 0 spiro atoms. The molecule has 0 aliphatic carbocycles. The molecule has 1 aliphatic rings. The van der Waals surface area contributed by atoms with Crippen LogP contribution in [0.5, 0.6) is 0 Å². The van der Waals surface area contributed by atoms with Gasteiger partial charge in [0.1, 0.15) is 0 Å². The quantitative estimate of drug-likeness (QED) is 0.255. The van der Waals surface area contributed by atoms with E-state index >= 15 is 0 Å². The molecule has 0 bridgehead atoms. The summed E-state index contributed by atoms with van der Waals surface area (Å²) in [5.74, 6) is 0.867. The molecular weight excluding hydrogens is 431 g/mol. The molecule has 7 heteroatoms. The fourth-order valence-electron chi connectivity index (χ4n) is 2.76. The molecule has 1 aliphatic heterocycles. The topological polar surface area (TPSA) is 58.1 Å². The molecule has 25 heavy (non-hydrogen) atoms. The monoisotopic (exact) mass is 462 g/mol. The van der Waals surface area contributed by atoms with Gasteiger partial charge in [-0.1, -0.05) is 18.2 Å². The summed E-state index contributed by atoms with van der Waals surface area (Å²) >= 11 is 0. The van der Waals surface area contributed by atoms with Crippen molar-refractivity contribution in [3.8, 4) is 0 Å². The van der Waals surface area contributed by atoms with Gasteiger partial charge in [0.05, 0.1) is 13.2 Å². The Morgan fingerprint density at radius 3 is 2.76 bits per heavy atom. The minimum atomic E-state index is 0. The largest absolute Gasteiger partial charge is 0.382 e. The Labute approximate surface area is 168 Å². The van der Waals surface area contributed by atoms with Gasteiger partial charge in [0.15, 0.2) is 5.96 Å². The van der Waals surface area contributed by atoms with Crippen LogP contribution in [-0.2, 0) is 9.47 Å². The first-order chi connectivity index (χ1) is 11.8. The molecule has 1 aromatic carbocycles. The molecule has 6 nitrogen and oxygen atoms in total. The smallest absolute Gasteiger partial charge is 0.191 e. The number of rotatable bonds is 9. The van der Waals surface area contributed by atoms with E-state index < -0.39 is 0 Å². The second-order valence-corrected chi connectivity index (χ2v) is 5.87. The minimum Gasteiger partial charge on any atom is -0.382 e. The van der Waals surface area contributed by atoms with Crippen molar-refractivity contribution in [2.45, 2.75) is 18.9 Å². The first kappa shape index (κ1) is 22.0. The molecule has 2 rings (SSSR count). The van der Waals surface area contributed by atoms with E-state index in [4.69, 9.17) is 9.47 Å². The van der Waals surface area contributed by atoms with E-state index in [1.54, 1.807) is 7.11 Å². The lowest BCUT2D eigenvalue weighted by Crippen LogP contribution is -2.45. The molecule has 0 aromatic heterocycles. The summed E-state index contributed by atoms with van der Waals surface area (Å²) < 4.78 is 10.4. The molecule has 1 atom stereocenters. The van der Waals surface area contributed by atoms with E-state index in [2.05, 4.69) is 50.9 Å². The molecule has 0 amide bonds. The lowest BCUT2D eigenvalue weighted by atomic mass is 10.3. The van der Waals surface area contributed by atoms with Crippen LogP contribution in [0.15, 0.2) is 35.3 Å². The molecular formula is C18H31IN4O2. The van der Waals surface area contributed by atoms with Crippen LogP contribution < -0.4 is 15.5 Å². The van der Waals surface area contributed by atoms with Crippen molar-refractivity contribution >= 4 is 35.6 Å². The van der Waals surface area contributed by atoms with Crippen molar-refractivity contribution in [3.05, 3.63) is 30.3 Å². The van der Waals surface area contributed by atoms with Crippen molar-refractivity contribution in [2.24, 2.45) is 4.99 Å². The van der Waals surface area contributed by atoms with Crippen molar-refractivity contribution in [1.29, 1.82) is 0 Å². The van der Waals surface area contributed by atoms with E-state index in [0.717, 1.165) is 45.0 Å². The third kappa shape index (κ3) is 8.24. The summed E-state index contributed by atoms with van der Waals surface area (Å²) in [6, 6.07) is 11.0. The summed E-state index contributed by atoms with van der Waals surface area (Å²) in [5.41, 5.74) is 1.29. The van der Waals surface area contributed by atoms with Gasteiger partial charge in [-0.15, -0.1) is 24.0 Å². The third-order valence-corrected chi connectivity index (χ3v) is 4.06. The van der Waals surface area contributed by atoms with Crippen molar-refractivity contribution in [1.82, 2.24) is 10.6 Å². The lowest BCUT2D eigenvalue weighted by molar-refractivity contribution is 0.0698. The molecule has 1 saturated heterocycles. The Morgan fingerprint density at radius 2 is 2.04 bits per heavy atom. The predicted octanol–water partition coefficient (Wildman–Crippen LogP) is 2.10. The molecule has 1 aromatic rings. The average Bonchev–Trinajstić information content (AvgIpc) is 3.09. The number of ether oxygens (including phenoxy) is 2. The molecule has 142 valence electrons. The zero-order valence-electron chi connectivity index (χ0n) is 15.2. The van der Waals surface area contributed by atoms with Crippen molar-refractivity contribution in [3.63, 3.8) is 0 Å². The zero-order chi connectivity index (χ0) is 17.0. The van der Waals surface area contributed by atoms with Crippen LogP contribution in [0.25, 0.3) is 0 Å². The number of methoxy groups -OCH3 is 1. The Bertz CT molecular complexity index is 487. The number of hydrogen-bond donors (Lipinski definition) is 2. The second-order valence-electron chi connectivity index (χ2n) is 5.87. The number of halogens is 1. The maximum Gasteiger partial charge on any atom is 0.191 e. The van der Waals surface area contributed by atoms with Crippen LogP contribution in [0, 0.1) is 0 Å². The molecule has 0 saturated carbocycles. The predicted molar refractivity (Wildman–Crippen MR) is 114 cm³/mol. The van der Waals surface area contributed by atoms with Crippen LogP contribution in [0.4, 0.5) is 5.69 Å². The Kier molecular flexibility index (Phi) is 11.6. The highest BCUT2D eigenvalue weighted by Crippen LogP contribution is 2.19. The Morgan fingerprint density at radius 1 is 1.24 bits per heavy atom. The van der Waals surface area contributed by atoms with Crippen LogP contribution in [0.2, 0.25) is 0 Å². The van der Waals surface area contributed by atoms with Crippen molar-refractivity contribution in [2.75, 3.05) is 58.5 Å². The van der Waals surface area contributed by atoms with Gasteiger partial charge in [-0.05, 0) is 25.0 Å². The summed E-state index contributed by atoms with van der Waals surface area (Å²) in [6.07, 6.45) is 2.07. The Balaban J connectivity index is 0.00000312. The van der Waals surface area contributed by atoms with Crippen LogP contribution in [0.1, 0.15) is 12.8 Å². The first-order valence-electron chi connectivity index (χ1n) is 8.67. The fourth-order valence-corrected chi connectivity index (χ4v) is 2.76. The number of anilines is 1. The molecule has 1 heterocycles. The van der Waals surface area contributed by atoms with E-state index in [9.17, 15) is 0 Å². The summed E-state index contributed by atoms with van der Waals surface area (Å²) in [6.45, 7) is 4.97. The maximum absolute atomic E-state index is 5.45. The minimum absolute atomic E-state index is 0. The molecule has 1 fully saturated rings. The normalized spacial score (nSPS) is 17.3. The van der Waals surface area contributed by atoms with E-state index in [-0.39, 0.29) is 24.0 Å². The maximum atomic E-state index is 5.45. The van der Waals surface area contributed by atoms with E-state index in [1.807, 2.05) is 7.05 Å². The molecule has 0 radical (unpaired) electrons. The van der Waals surface area contributed by atoms with Gasteiger partial charge in [0.25, 0.3) is 0 Å². The van der Waals surface area contributed by atoms with Gasteiger partial charge in [0, 0.05) is 52.1 Å². The SMILES string of the molecule is CN=C(NCCCOCCOC)NC1CCN(c2ccccc2)C1.I. The molecule has 1 unspecified atom stereocenters. The highest BCUT2D eigenvalue weighted by molar-refractivity contribution is 14.0. The van der Waals surface area contributed by atoms with Gasteiger partial charge in [-0.25, -0.2) is 0 Å².